The molecule has 0 aliphatic heterocycles. The minimum Gasteiger partial charge on any atom is -0.436 e. The van der Waals surface area contributed by atoms with Crippen molar-refractivity contribution >= 4 is 65.0 Å². The number of thiophene rings is 1. The van der Waals surface area contributed by atoms with Gasteiger partial charge in [-0.2, -0.15) is 0 Å². The molecule has 6 aromatic rings. The Balaban J connectivity index is 1.59. The van der Waals surface area contributed by atoms with Crippen LogP contribution in [0.15, 0.2) is 77.2 Å². The fourth-order valence-corrected chi connectivity index (χ4v) is 5.12. The van der Waals surface area contributed by atoms with Crippen molar-refractivity contribution in [3.8, 4) is 11.5 Å². The van der Waals surface area contributed by atoms with Gasteiger partial charge in [0.2, 0.25) is 5.89 Å². The molecule has 0 spiro atoms. The molecular formula is C23H12ClNOS. The van der Waals surface area contributed by atoms with E-state index in [1.54, 1.807) is 11.3 Å². The minimum absolute atomic E-state index is 0.642. The van der Waals surface area contributed by atoms with E-state index < -0.39 is 0 Å². The molecule has 128 valence electrons. The molecule has 0 aliphatic rings. The highest BCUT2D eigenvalue weighted by Crippen LogP contribution is 2.40. The number of hydrogen-bond acceptors (Lipinski definition) is 3. The Morgan fingerprint density at radius 1 is 0.815 bits per heavy atom. The van der Waals surface area contributed by atoms with Crippen molar-refractivity contribution in [2.75, 3.05) is 0 Å². The van der Waals surface area contributed by atoms with Crippen molar-refractivity contribution in [1.82, 2.24) is 4.98 Å². The summed E-state index contributed by atoms with van der Waals surface area (Å²) < 4.78 is 8.44. The molecule has 4 heteroatoms. The third kappa shape index (κ3) is 2.29. The maximum Gasteiger partial charge on any atom is 0.227 e. The molecule has 2 aromatic heterocycles. The fourth-order valence-electron chi connectivity index (χ4n) is 3.65. The Morgan fingerprint density at radius 2 is 1.70 bits per heavy atom. The maximum atomic E-state index is 6.45. The highest BCUT2D eigenvalue weighted by atomic mass is 35.5. The summed E-state index contributed by atoms with van der Waals surface area (Å²) in [5, 5.41) is 5.38. The van der Waals surface area contributed by atoms with Gasteiger partial charge in [0, 0.05) is 36.8 Å². The summed E-state index contributed by atoms with van der Waals surface area (Å²) in [6, 6.07) is 24.8. The van der Waals surface area contributed by atoms with Crippen LogP contribution in [0, 0.1) is 0 Å². The average molecular weight is 386 g/mol. The van der Waals surface area contributed by atoms with Crippen LogP contribution >= 0.6 is 22.9 Å². The van der Waals surface area contributed by atoms with Crippen LogP contribution in [0.5, 0.6) is 0 Å². The van der Waals surface area contributed by atoms with E-state index in [1.165, 1.54) is 15.5 Å². The van der Waals surface area contributed by atoms with Gasteiger partial charge in [0.25, 0.3) is 0 Å². The molecule has 0 radical (unpaired) electrons. The normalized spacial score (nSPS) is 11.9. The molecule has 27 heavy (non-hydrogen) atoms. The molecule has 0 N–H and O–H groups in total. The first-order valence-corrected chi connectivity index (χ1v) is 9.86. The molecule has 2 heterocycles. The van der Waals surface area contributed by atoms with E-state index in [0.29, 0.717) is 5.89 Å². The number of nitrogens with zero attached hydrogens (tertiary/aromatic N) is 1. The molecular weight excluding hydrogens is 374 g/mol. The van der Waals surface area contributed by atoms with Gasteiger partial charge in [-0.1, -0.05) is 48.0 Å². The van der Waals surface area contributed by atoms with E-state index >= 15 is 0 Å². The summed E-state index contributed by atoms with van der Waals surface area (Å²) in [6.45, 7) is 0. The van der Waals surface area contributed by atoms with Crippen molar-refractivity contribution in [2.45, 2.75) is 0 Å². The van der Waals surface area contributed by atoms with Crippen molar-refractivity contribution in [2.24, 2.45) is 0 Å². The lowest BCUT2D eigenvalue weighted by molar-refractivity contribution is 0.620. The Bertz CT molecular complexity index is 1490. The van der Waals surface area contributed by atoms with Crippen LogP contribution in [0.1, 0.15) is 0 Å². The zero-order valence-corrected chi connectivity index (χ0v) is 15.6. The number of halogens is 1. The van der Waals surface area contributed by atoms with Crippen LogP contribution in [-0.4, -0.2) is 4.98 Å². The summed E-state index contributed by atoms with van der Waals surface area (Å²) in [5.74, 6) is 0.642. The highest BCUT2D eigenvalue weighted by molar-refractivity contribution is 7.26. The lowest BCUT2D eigenvalue weighted by atomic mass is 10.1. The molecule has 0 aliphatic carbocycles. The van der Waals surface area contributed by atoms with Gasteiger partial charge in [0.15, 0.2) is 5.58 Å². The fraction of sp³-hybridized carbons (Fsp3) is 0. The summed E-state index contributed by atoms with van der Waals surface area (Å²) in [6.07, 6.45) is 0. The van der Waals surface area contributed by atoms with E-state index in [4.69, 9.17) is 21.0 Å². The van der Waals surface area contributed by atoms with Crippen LogP contribution < -0.4 is 0 Å². The van der Waals surface area contributed by atoms with Gasteiger partial charge in [-0.15, -0.1) is 11.3 Å². The standard InChI is InChI=1S/C23H12ClNOS/c24-17-6-3-7-20-22(17)16-11-18-19(12-21(16)27-20)26-23(25-18)15-9-8-13-4-1-2-5-14(13)10-15/h1-12H. The molecule has 0 saturated heterocycles. The Hall–Kier alpha value is -2.88. The maximum absolute atomic E-state index is 6.45. The van der Waals surface area contributed by atoms with Gasteiger partial charge in [-0.3, -0.25) is 0 Å². The van der Waals surface area contributed by atoms with Crippen molar-refractivity contribution in [3.63, 3.8) is 0 Å². The van der Waals surface area contributed by atoms with Gasteiger partial charge in [0.05, 0.1) is 0 Å². The molecule has 0 bridgehead atoms. The smallest absolute Gasteiger partial charge is 0.227 e. The van der Waals surface area contributed by atoms with Crippen molar-refractivity contribution in [1.29, 1.82) is 0 Å². The molecule has 0 unspecified atom stereocenters. The molecule has 0 fully saturated rings. The van der Waals surface area contributed by atoms with E-state index in [2.05, 4.69) is 48.5 Å². The quantitative estimate of drug-likeness (QED) is 0.290. The Morgan fingerprint density at radius 3 is 2.63 bits per heavy atom. The third-order valence-corrected chi connectivity index (χ3v) is 6.38. The number of fused-ring (bicyclic) bond motifs is 5. The van der Waals surface area contributed by atoms with E-state index in [1.807, 2.05) is 24.3 Å². The SMILES string of the molecule is Clc1cccc2sc3cc4oc(-c5ccc6ccccc6c5)nc4cc3c12. The second-order valence-electron chi connectivity index (χ2n) is 6.61. The third-order valence-electron chi connectivity index (χ3n) is 4.95. The van der Waals surface area contributed by atoms with Crippen LogP contribution in [0.4, 0.5) is 0 Å². The predicted molar refractivity (Wildman–Crippen MR) is 115 cm³/mol. The number of aromatic nitrogens is 1. The second kappa shape index (κ2) is 5.56. The zero-order chi connectivity index (χ0) is 18.0. The average Bonchev–Trinajstić information content (AvgIpc) is 3.26. The van der Waals surface area contributed by atoms with Gasteiger partial charge < -0.3 is 4.42 Å². The molecule has 2 nitrogen and oxygen atoms in total. The van der Waals surface area contributed by atoms with Crippen LogP contribution in [0.25, 0.3) is 53.5 Å². The lowest BCUT2D eigenvalue weighted by Gasteiger charge is -1.99. The van der Waals surface area contributed by atoms with Gasteiger partial charge in [-0.25, -0.2) is 4.98 Å². The van der Waals surface area contributed by atoms with Crippen molar-refractivity contribution in [3.05, 3.63) is 77.8 Å². The molecule has 6 rings (SSSR count). The Kier molecular flexibility index (Phi) is 3.13. The highest BCUT2D eigenvalue weighted by Gasteiger charge is 2.14. The van der Waals surface area contributed by atoms with Gasteiger partial charge >= 0.3 is 0 Å². The first-order chi connectivity index (χ1) is 13.3. The van der Waals surface area contributed by atoms with Gasteiger partial charge in [-0.05, 0) is 41.1 Å². The van der Waals surface area contributed by atoms with Crippen LogP contribution in [0.3, 0.4) is 0 Å². The van der Waals surface area contributed by atoms with Crippen LogP contribution in [0.2, 0.25) is 5.02 Å². The largest absolute Gasteiger partial charge is 0.436 e. The lowest BCUT2D eigenvalue weighted by Crippen LogP contribution is -1.78. The predicted octanol–water partition coefficient (Wildman–Crippen LogP) is 7.67. The molecule has 4 aromatic carbocycles. The monoisotopic (exact) mass is 385 g/mol. The summed E-state index contributed by atoms with van der Waals surface area (Å²) >= 11 is 8.17. The van der Waals surface area contributed by atoms with E-state index in [-0.39, 0.29) is 0 Å². The number of rotatable bonds is 1. The molecule has 0 saturated carbocycles. The molecule has 0 atom stereocenters. The summed E-state index contributed by atoms with van der Waals surface area (Å²) in [4.78, 5) is 4.75. The van der Waals surface area contributed by atoms with Gasteiger partial charge in [0.1, 0.15) is 5.52 Å². The molecule has 0 amide bonds. The first-order valence-electron chi connectivity index (χ1n) is 8.67. The van der Waals surface area contributed by atoms with E-state index in [0.717, 1.165) is 37.2 Å². The number of hydrogen-bond donors (Lipinski definition) is 0. The van der Waals surface area contributed by atoms with Crippen LogP contribution in [-0.2, 0) is 0 Å². The van der Waals surface area contributed by atoms with Crippen molar-refractivity contribution < 1.29 is 4.42 Å². The summed E-state index contributed by atoms with van der Waals surface area (Å²) in [5.41, 5.74) is 2.63. The number of oxazole rings is 1. The van der Waals surface area contributed by atoms with E-state index in [9.17, 15) is 0 Å². The second-order valence-corrected chi connectivity index (χ2v) is 8.10. The Labute approximate surface area is 163 Å². The number of benzene rings is 4. The zero-order valence-electron chi connectivity index (χ0n) is 14.1. The first kappa shape index (κ1) is 15.2. The minimum atomic E-state index is 0.642. The topological polar surface area (TPSA) is 26.0 Å². The summed E-state index contributed by atoms with van der Waals surface area (Å²) in [7, 11) is 0.